The van der Waals surface area contributed by atoms with Gasteiger partial charge in [-0.05, 0) is 43.2 Å². The second kappa shape index (κ2) is 6.57. The SMILES string of the molecule is [C-]#[N+]c1cnc(N2CCc3ncc(-c4ccc(C)nc4)cc3C2)c(C)c1. The van der Waals surface area contributed by atoms with Crippen molar-refractivity contribution in [1.82, 2.24) is 15.0 Å². The summed E-state index contributed by atoms with van der Waals surface area (Å²) in [6.07, 6.45) is 6.38. The van der Waals surface area contributed by atoms with Gasteiger partial charge in [-0.1, -0.05) is 6.07 Å². The summed E-state index contributed by atoms with van der Waals surface area (Å²) in [7, 11) is 0. The third-order valence-corrected chi connectivity index (χ3v) is 4.75. The van der Waals surface area contributed by atoms with E-state index in [1.807, 2.05) is 38.4 Å². The zero-order valence-corrected chi connectivity index (χ0v) is 14.9. The summed E-state index contributed by atoms with van der Waals surface area (Å²) in [4.78, 5) is 19.3. The fourth-order valence-corrected chi connectivity index (χ4v) is 3.35. The highest BCUT2D eigenvalue weighted by atomic mass is 15.2. The van der Waals surface area contributed by atoms with E-state index in [9.17, 15) is 0 Å². The molecule has 0 amide bonds. The molecular formula is C21H19N5. The Hall–Kier alpha value is -3.26. The zero-order chi connectivity index (χ0) is 18.1. The number of rotatable bonds is 2. The maximum Gasteiger partial charge on any atom is 0.205 e. The Morgan fingerprint density at radius 2 is 1.85 bits per heavy atom. The Balaban J connectivity index is 1.64. The van der Waals surface area contributed by atoms with Crippen LogP contribution in [-0.2, 0) is 13.0 Å². The molecular weight excluding hydrogens is 322 g/mol. The molecule has 1 aliphatic rings. The largest absolute Gasteiger partial charge is 0.352 e. The first kappa shape index (κ1) is 16.2. The Labute approximate surface area is 153 Å². The summed E-state index contributed by atoms with van der Waals surface area (Å²) in [5.41, 5.74) is 7.18. The number of hydrogen-bond donors (Lipinski definition) is 0. The van der Waals surface area contributed by atoms with Crippen molar-refractivity contribution in [3.63, 3.8) is 0 Å². The van der Waals surface area contributed by atoms with E-state index in [2.05, 4.69) is 36.8 Å². The van der Waals surface area contributed by atoms with E-state index < -0.39 is 0 Å². The molecule has 0 aromatic carbocycles. The Morgan fingerprint density at radius 1 is 1.00 bits per heavy atom. The van der Waals surface area contributed by atoms with Crippen LogP contribution >= 0.6 is 0 Å². The zero-order valence-electron chi connectivity index (χ0n) is 14.9. The molecule has 0 atom stereocenters. The molecule has 1 aliphatic heterocycles. The lowest BCUT2D eigenvalue weighted by atomic mass is 10.0. The highest BCUT2D eigenvalue weighted by molar-refractivity contribution is 5.63. The number of aryl methyl sites for hydroxylation is 2. The average molecular weight is 341 g/mol. The van der Waals surface area contributed by atoms with Gasteiger partial charge in [-0.3, -0.25) is 15.0 Å². The molecule has 26 heavy (non-hydrogen) atoms. The smallest absolute Gasteiger partial charge is 0.205 e. The van der Waals surface area contributed by atoms with Gasteiger partial charge in [-0.2, -0.15) is 0 Å². The second-order valence-electron chi connectivity index (χ2n) is 6.64. The number of pyridine rings is 3. The van der Waals surface area contributed by atoms with Gasteiger partial charge >= 0.3 is 0 Å². The van der Waals surface area contributed by atoms with Crippen molar-refractivity contribution in [2.75, 3.05) is 11.4 Å². The van der Waals surface area contributed by atoms with Gasteiger partial charge in [0, 0.05) is 60.6 Å². The van der Waals surface area contributed by atoms with E-state index in [0.717, 1.165) is 53.4 Å². The minimum absolute atomic E-state index is 0.583. The molecule has 0 bridgehead atoms. The molecule has 4 heterocycles. The van der Waals surface area contributed by atoms with Crippen LogP contribution in [-0.4, -0.2) is 21.5 Å². The number of anilines is 1. The van der Waals surface area contributed by atoms with Gasteiger partial charge in [0.2, 0.25) is 5.69 Å². The van der Waals surface area contributed by atoms with Crippen LogP contribution in [0.5, 0.6) is 0 Å². The molecule has 0 saturated heterocycles. The van der Waals surface area contributed by atoms with Crippen LogP contribution in [0, 0.1) is 20.4 Å². The first-order valence-corrected chi connectivity index (χ1v) is 8.64. The number of hydrogen-bond acceptors (Lipinski definition) is 4. The van der Waals surface area contributed by atoms with Gasteiger partial charge in [-0.15, -0.1) is 0 Å². The van der Waals surface area contributed by atoms with Crippen LogP contribution in [0.1, 0.15) is 22.5 Å². The molecule has 128 valence electrons. The maximum absolute atomic E-state index is 7.13. The summed E-state index contributed by atoms with van der Waals surface area (Å²) < 4.78 is 0. The molecule has 0 aliphatic carbocycles. The van der Waals surface area contributed by atoms with Crippen molar-refractivity contribution in [2.24, 2.45) is 0 Å². The van der Waals surface area contributed by atoms with Crippen LogP contribution in [0.3, 0.4) is 0 Å². The lowest BCUT2D eigenvalue weighted by Gasteiger charge is -2.30. The van der Waals surface area contributed by atoms with Crippen molar-refractivity contribution in [2.45, 2.75) is 26.8 Å². The Morgan fingerprint density at radius 3 is 2.58 bits per heavy atom. The van der Waals surface area contributed by atoms with Crippen LogP contribution in [0.15, 0.2) is 42.9 Å². The van der Waals surface area contributed by atoms with E-state index in [1.165, 1.54) is 5.56 Å². The van der Waals surface area contributed by atoms with Crippen molar-refractivity contribution in [1.29, 1.82) is 0 Å². The monoisotopic (exact) mass is 341 g/mol. The lowest BCUT2D eigenvalue weighted by molar-refractivity contribution is 0.701. The number of nitrogens with zero attached hydrogens (tertiary/aromatic N) is 5. The number of fused-ring (bicyclic) bond motifs is 1. The summed E-state index contributed by atoms with van der Waals surface area (Å²) in [6.45, 7) is 12.8. The molecule has 4 rings (SSSR count). The van der Waals surface area contributed by atoms with Gasteiger partial charge in [0.25, 0.3) is 0 Å². The molecule has 0 saturated carbocycles. The maximum atomic E-state index is 7.13. The van der Waals surface area contributed by atoms with Crippen molar-refractivity contribution >= 4 is 11.5 Å². The number of aromatic nitrogens is 3. The quantitative estimate of drug-likeness (QED) is 0.653. The topological polar surface area (TPSA) is 46.3 Å². The highest BCUT2D eigenvalue weighted by Crippen LogP contribution is 2.29. The van der Waals surface area contributed by atoms with E-state index in [4.69, 9.17) is 6.57 Å². The Bertz CT molecular complexity index is 1000. The predicted molar refractivity (Wildman–Crippen MR) is 102 cm³/mol. The standard InChI is InChI=1S/C21H19N5/c1-14-8-19(22-3)12-25-21(14)26-7-6-20-18(13-26)9-17(11-24-20)16-5-4-15(2)23-10-16/h4-5,8-12H,6-7,13H2,1-2H3. The summed E-state index contributed by atoms with van der Waals surface area (Å²) in [5, 5.41) is 0. The first-order valence-electron chi connectivity index (χ1n) is 8.64. The minimum atomic E-state index is 0.583. The molecule has 3 aromatic heterocycles. The van der Waals surface area contributed by atoms with Crippen LogP contribution < -0.4 is 4.90 Å². The molecule has 0 radical (unpaired) electrons. The minimum Gasteiger partial charge on any atom is -0.352 e. The highest BCUT2D eigenvalue weighted by Gasteiger charge is 2.20. The van der Waals surface area contributed by atoms with Gasteiger partial charge < -0.3 is 4.90 Å². The Kier molecular flexibility index (Phi) is 4.10. The van der Waals surface area contributed by atoms with Crippen LogP contribution in [0.25, 0.3) is 16.0 Å². The summed E-state index contributed by atoms with van der Waals surface area (Å²) >= 11 is 0. The molecule has 3 aromatic rings. The van der Waals surface area contributed by atoms with E-state index in [0.29, 0.717) is 5.69 Å². The molecule has 5 nitrogen and oxygen atoms in total. The van der Waals surface area contributed by atoms with E-state index in [-0.39, 0.29) is 0 Å². The van der Waals surface area contributed by atoms with E-state index in [1.54, 1.807) is 6.20 Å². The van der Waals surface area contributed by atoms with Crippen molar-refractivity contribution in [3.8, 4) is 11.1 Å². The van der Waals surface area contributed by atoms with Crippen LogP contribution in [0.2, 0.25) is 0 Å². The van der Waals surface area contributed by atoms with Crippen LogP contribution in [0.4, 0.5) is 11.5 Å². The molecule has 0 unspecified atom stereocenters. The molecule has 0 spiro atoms. The summed E-state index contributed by atoms with van der Waals surface area (Å²) in [5.74, 6) is 0.949. The average Bonchev–Trinajstić information content (AvgIpc) is 2.67. The molecule has 0 N–H and O–H groups in total. The van der Waals surface area contributed by atoms with Gasteiger partial charge in [0.05, 0.1) is 6.57 Å². The molecule has 5 heteroatoms. The predicted octanol–water partition coefficient (Wildman–Crippen LogP) is 4.27. The lowest BCUT2D eigenvalue weighted by Crippen LogP contribution is -2.32. The summed E-state index contributed by atoms with van der Waals surface area (Å²) in [6, 6.07) is 8.22. The van der Waals surface area contributed by atoms with Gasteiger partial charge in [0.1, 0.15) is 5.82 Å². The molecule has 0 fully saturated rings. The van der Waals surface area contributed by atoms with Crippen molar-refractivity contribution < 1.29 is 0 Å². The van der Waals surface area contributed by atoms with Gasteiger partial charge in [0.15, 0.2) is 0 Å². The second-order valence-corrected chi connectivity index (χ2v) is 6.64. The fraction of sp³-hybridized carbons (Fsp3) is 0.238. The fourth-order valence-electron chi connectivity index (χ4n) is 3.35. The third-order valence-electron chi connectivity index (χ3n) is 4.75. The normalized spacial score (nSPS) is 13.2. The third kappa shape index (κ3) is 3.02. The first-order chi connectivity index (χ1) is 12.6. The van der Waals surface area contributed by atoms with Gasteiger partial charge in [-0.25, -0.2) is 4.85 Å². The van der Waals surface area contributed by atoms with Crippen molar-refractivity contribution in [3.05, 3.63) is 76.8 Å². The van der Waals surface area contributed by atoms with E-state index >= 15 is 0 Å².